The SMILES string of the molecule is CCC(CC)C(C)NS(=O)(=O)c1c(C(=O)O)n[nH]c1C. The van der Waals surface area contributed by atoms with Crippen LogP contribution in [-0.4, -0.2) is 35.7 Å². The number of carboxylic acid groups (broad SMARTS) is 1. The number of H-pyrrole nitrogens is 1. The maximum atomic E-state index is 12.4. The molecule has 8 heteroatoms. The Hall–Kier alpha value is -1.41. The lowest BCUT2D eigenvalue weighted by Gasteiger charge is -2.22. The highest BCUT2D eigenvalue weighted by molar-refractivity contribution is 7.89. The van der Waals surface area contributed by atoms with Gasteiger partial charge in [-0.1, -0.05) is 26.7 Å². The van der Waals surface area contributed by atoms with Gasteiger partial charge in [-0.2, -0.15) is 5.10 Å². The Morgan fingerprint density at radius 3 is 2.40 bits per heavy atom. The first-order chi connectivity index (χ1) is 9.24. The number of carbonyl (C=O) groups is 1. The summed E-state index contributed by atoms with van der Waals surface area (Å²) in [5.41, 5.74) is -0.265. The highest BCUT2D eigenvalue weighted by atomic mass is 32.2. The number of aryl methyl sites for hydroxylation is 1. The molecule has 1 rings (SSSR count). The Balaban J connectivity index is 3.12. The van der Waals surface area contributed by atoms with Gasteiger partial charge in [0.25, 0.3) is 0 Å². The van der Waals surface area contributed by atoms with Crippen molar-refractivity contribution in [3.05, 3.63) is 11.4 Å². The molecular weight excluding hydrogens is 282 g/mol. The maximum Gasteiger partial charge on any atom is 0.357 e. The van der Waals surface area contributed by atoms with E-state index in [-0.39, 0.29) is 22.5 Å². The zero-order chi connectivity index (χ0) is 15.5. The zero-order valence-corrected chi connectivity index (χ0v) is 12.9. The first-order valence-corrected chi connectivity index (χ1v) is 8.03. The number of aromatic amines is 1. The largest absolute Gasteiger partial charge is 0.476 e. The zero-order valence-electron chi connectivity index (χ0n) is 12.1. The molecule has 0 aliphatic heterocycles. The number of sulfonamides is 1. The third kappa shape index (κ3) is 3.37. The number of hydrogen-bond acceptors (Lipinski definition) is 4. The number of aromatic nitrogens is 2. The molecule has 1 heterocycles. The molecule has 0 aliphatic carbocycles. The molecule has 20 heavy (non-hydrogen) atoms. The van der Waals surface area contributed by atoms with Crippen molar-refractivity contribution >= 4 is 16.0 Å². The van der Waals surface area contributed by atoms with Crippen LogP contribution in [0.1, 0.15) is 49.8 Å². The van der Waals surface area contributed by atoms with Crippen molar-refractivity contribution in [1.29, 1.82) is 0 Å². The van der Waals surface area contributed by atoms with E-state index in [1.807, 2.05) is 13.8 Å². The number of nitrogens with one attached hydrogen (secondary N) is 2. The minimum atomic E-state index is -3.91. The van der Waals surface area contributed by atoms with E-state index in [0.29, 0.717) is 0 Å². The Labute approximate surface area is 118 Å². The maximum absolute atomic E-state index is 12.4. The number of hydrogen-bond donors (Lipinski definition) is 3. The molecule has 0 amide bonds. The average Bonchev–Trinajstić information content (AvgIpc) is 2.73. The van der Waals surface area contributed by atoms with Gasteiger partial charge in [0.2, 0.25) is 10.0 Å². The van der Waals surface area contributed by atoms with Crippen LogP contribution >= 0.6 is 0 Å². The van der Waals surface area contributed by atoms with Gasteiger partial charge >= 0.3 is 5.97 Å². The standard InChI is InChI=1S/C12H21N3O4S/c1-5-9(6-2)7(3)15-20(18,19)11-8(4)13-14-10(11)12(16)17/h7,9,15H,5-6H2,1-4H3,(H,13,14)(H,16,17). The molecule has 0 radical (unpaired) electrons. The van der Waals surface area contributed by atoms with E-state index in [1.165, 1.54) is 6.92 Å². The van der Waals surface area contributed by atoms with Gasteiger partial charge in [-0.05, 0) is 19.8 Å². The van der Waals surface area contributed by atoms with E-state index in [0.717, 1.165) is 12.8 Å². The Bertz CT molecular complexity index is 576. The van der Waals surface area contributed by atoms with Crippen LogP contribution in [0.15, 0.2) is 4.90 Å². The minimum absolute atomic E-state index is 0.199. The Morgan fingerprint density at radius 2 is 1.95 bits per heavy atom. The summed E-state index contributed by atoms with van der Waals surface area (Å²) in [6.07, 6.45) is 1.69. The van der Waals surface area contributed by atoms with Crippen LogP contribution in [0.3, 0.4) is 0 Å². The molecule has 1 atom stereocenters. The predicted molar refractivity (Wildman–Crippen MR) is 74.1 cm³/mol. The molecule has 3 N–H and O–H groups in total. The fourth-order valence-corrected chi connectivity index (χ4v) is 3.92. The summed E-state index contributed by atoms with van der Waals surface area (Å²) in [5, 5.41) is 14.9. The number of nitrogens with zero attached hydrogens (tertiary/aromatic N) is 1. The average molecular weight is 303 g/mol. The molecular formula is C12H21N3O4S. The van der Waals surface area contributed by atoms with Crippen molar-refractivity contribution < 1.29 is 18.3 Å². The monoisotopic (exact) mass is 303 g/mol. The fourth-order valence-electron chi connectivity index (χ4n) is 2.29. The van der Waals surface area contributed by atoms with Gasteiger partial charge in [0.05, 0.1) is 5.69 Å². The lowest BCUT2D eigenvalue weighted by atomic mass is 9.96. The molecule has 0 saturated heterocycles. The van der Waals surface area contributed by atoms with Crippen LogP contribution in [0.2, 0.25) is 0 Å². The summed E-state index contributed by atoms with van der Waals surface area (Å²) < 4.78 is 27.2. The van der Waals surface area contributed by atoms with Crippen LogP contribution in [0.5, 0.6) is 0 Å². The molecule has 1 aromatic rings. The molecule has 1 unspecified atom stereocenters. The lowest BCUT2D eigenvalue weighted by molar-refractivity contribution is 0.0686. The Kier molecular flexibility index (Phi) is 5.29. The van der Waals surface area contributed by atoms with Crippen molar-refractivity contribution in [2.45, 2.75) is 51.5 Å². The van der Waals surface area contributed by atoms with Gasteiger partial charge in [-0.15, -0.1) is 0 Å². The molecule has 0 aromatic carbocycles. The van der Waals surface area contributed by atoms with Crippen molar-refractivity contribution in [3.8, 4) is 0 Å². The minimum Gasteiger partial charge on any atom is -0.476 e. The molecule has 114 valence electrons. The summed E-state index contributed by atoms with van der Waals surface area (Å²) in [4.78, 5) is 10.7. The van der Waals surface area contributed by atoms with E-state index in [1.54, 1.807) is 6.92 Å². The summed E-state index contributed by atoms with van der Waals surface area (Å²) >= 11 is 0. The van der Waals surface area contributed by atoms with Crippen LogP contribution in [0.25, 0.3) is 0 Å². The highest BCUT2D eigenvalue weighted by Crippen LogP contribution is 2.20. The number of rotatable bonds is 7. The second-order valence-electron chi connectivity index (χ2n) is 4.82. The van der Waals surface area contributed by atoms with E-state index < -0.39 is 21.7 Å². The molecule has 0 spiro atoms. The van der Waals surface area contributed by atoms with Crippen LogP contribution in [0, 0.1) is 12.8 Å². The van der Waals surface area contributed by atoms with E-state index in [9.17, 15) is 13.2 Å². The Morgan fingerprint density at radius 1 is 1.40 bits per heavy atom. The van der Waals surface area contributed by atoms with Crippen LogP contribution in [0.4, 0.5) is 0 Å². The van der Waals surface area contributed by atoms with Crippen LogP contribution < -0.4 is 4.72 Å². The number of aromatic carboxylic acids is 1. The first-order valence-electron chi connectivity index (χ1n) is 6.55. The summed E-state index contributed by atoms with van der Waals surface area (Å²) in [6.45, 7) is 7.25. The van der Waals surface area contributed by atoms with Gasteiger partial charge < -0.3 is 5.11 Å². The second kappa shape index (κ2) is 6.36. The van der Waals surface area contributed by atoms with Gasteiger partial charge in [0, 0.05) is 6.04 Å². The topological polar surface area (TPSA) is 112 Å². The quantitative estimate of drug-likeness (QED) is 0.707. The lowest BCUT2D eigenvalue weighted by Crippen LogP contribution is -2.38. The normalized spacial score (nSPS) is 13.7. The van der Waals surface area contributed by atoms with Gasteiger partial charge in [0.15, 0.2) is 5.69 Å². The fraction of sp³-hybridized carbons (Fsp3) is 0.667. The van der Waals surface area contributed by atoms with Crippen LogP contribution in [-0.2, 0) is 10.0 Å². The van der Waals surface area contributed by atoms with E-state index in [4.69, 9.17) is 5.11 Å². The van der Waals surface area contributed by atoms with Gasteiger partial charge in [-0.25, -0.2) is 17.9 Å². The van der Waals surface area contributed by atoms with Gasteiger partial charge in [0.1, 0.15) is 4.90 Å². The molecule has 0 bridgehead atoms. The first kappa shape index (κ1) is 16.6. The second-order valence-corrected chi connectivity index (χ2v) is 6.47. The molecule has 7 nitrogen and oxygen atoms in total. The van der Waals surface area contributed by atoms with Crippen molar-refractivity contribution in [2.24, 2.45) is 5.92 Å². The third-order valence-corrected chi connectivity index (χ3v) is 5.18. The molecule has 1 aromatic heterocycles. The number of carboxylic acids is 1. The van der Waals surface area contributed by atoms with E-state index in [2.05, 4.69) is 14.9 Å². The third-order valence-electron chi connectivity index (χ3n) is 3.46. The predicted octanol–water partition coefficient (Wildman–Crippen LogP) is 1.52. The van der Waals surface area contributed by atoms with Gasteiger partial charge in [-0.3, -0.25) is 5.10 Å². The van der Waals surface area contributed by atoms with Crippen molar-refractivity contribution in [3.63, 3.8) is 0 Å². The summed E-state index contributed by atoms with van der Waals surface area (Å²) in [5.74, 6) is -1.17. The van der Waals surface area contributed by atoms with Crippen molar-refractivity contribution in [1.82, 2.24) is 14.9 Å². The molecule has 0 fully saturated rings. The summed E-state index contributed by atoms with van der Waals surface area (Å²) in [6, 6.07) is -0.272. The summed E-state index contributed by atoms with van der Waals surface area (Å²) in [7, 11) is -3.91. The smallest absolute Gasteiger partial charge is 0.357 e. The van der Waals surface area contributed by atoms with E-state index >= 15 is 0 Å². The molecule has 0 saturated carbocycles. The highest BCUT2D eigenvalue weighted by Gasteiger charge is 2.30. The van der Waals surface area contributed by atoms with Crippen molar-refractivity contribution in [2.75, 3.05) is 0 Å². The molecule has 0 aliphatic rings.